The summed E-state index contributed by atoms with van der Waals surface area (Å²) in [5.41, 5.74) is -1.41. The minimum atomic E-state index is -1.43. The number of halogens is 2. The lowest BCUT2D eigenvalue weighted by Crippen LogP contribution is -2.28. The number of rotatable bonds is 2. The van der Waals surface area contributed by atoms with E-state index >= 15 is 0 Å². The van der Waals surface area contributed by atoms with E-state index in [4.69, 9.17) is 0 Å². The average Bonchev–Trinajstić information content (AvgIpc) is 1.99. The van der Waals surface area contributed by atoms with Crippen LogP contribution in [0.4, 0.5) is 8.78 Å². The lowest BCUT2D eigenvalue weighted by molar-refractivity contribution is -0.0499. The standard InChI is InChI=1S/C10H12F2O2/c1-10(2,14)9(13)6-3-7(11)5-8(12)4-6/h3-5,9,13-14H,1-2H3. The van der Waals surface area contributed by atoms with Crippen LogP contribution in [0.25, 0.3) is 0 Å². The maximum absolute atomic E-state index is 12.7. The number of aliphatic hydroxyl groups is 2. The van der Waals surface area contributed by atoms with Crippen molar-refractivity contribution in [2.24, 2.45) is 0 Å². The Morgan fingerprint density at radius 1 is 1.14 bits per heavy atom. The lowest BCUT2D eigenvalue weighted by atomic mass is 9.95. The molecule has 0 aliphatic rings. The molecule has 1 unspecified atom stereocenters. The van der Waals surface area contributed by atoms with Crippen molar-refractivity contribution in [1.82, 2.24) is 0 Å². The minimum absolute atomic E-state index is 0.0231. The first-order chi connectivity index (χ1) is 6.30. The molecule has 0 fully saturated rings. The van der Waals surface area contributed by atoms with Gasteiger partial charge < -0.3 is 10.2 Å². The van der Waals surface area contributed by atoms with Gasteiger partial charge >= 0.3 is 0 Å². The molecular formula is C10H12F2O2. The summed E-state index contributed by atoms with van der Waals surface area (Å²) in [4.78, 5) is 0. The third-order valence-electron chi connectivity index (χ3n) is 1.87. The van der Waals surface area contributed by atoms with E-state index in [0.29, 0.717) is 6.07 Å². The van der Waals surface area contributed by atoms with E-state index in [9.17, 15) is 19.0 Å². The van der Waals surface area contributed by atoms with E-state index in [-0.39, 0.29) is 5.56 Å². The van der Waals surface area contributed by atoms with Crippen LogP contribution in [0, 0.1) is 11.6 Å². The fourth-order valence-corrected chi connectivity index (χ4v) is 1.14. The van der Waals surface area contributed by atoms with Gasteiger partial charge in [-0.2, -0.15) is 0 Å². The number of benzene rings is 1. The van der Waals surface area contributed by atoms with Crippen molar-refractivity contribution in [2.45, 2.75) is 25.6 Å². The van der Waals surface area contributed by atoms with E-state index in [0.717, 1.165) is 12.1 Å². The van der Waals surface area contributed by atoms with E-state index in [2.05, 4.69) is 0 Å². The molecule has 0 amide bonds. The van der Waals surface area contributed by atoms with Gasteiger partial charge in [-0.3, -0.25) is 0 Å². The molecule has 1 aromatic carbocycles. The molecular weight excluding hydrogens is 190 g/mol. The second-order valence-electron chi connectivity index (χ2n) is 3.76. The summed E-state index contributed by atoms with van der Waals surface area (Å²) in [5.74, 6) is -1.55. The van der Waals surface area contributed by atoms with Crippen molar-refractivity contribution in [3.63, 3.8) is 0 Å². The molecule has 1 rings (SSSR count). The summed E-state index contributed by atoms with van der Waals surface area (Å²) in [6.07, 6.45) is -1.31. The van der Waals surface area contributed by atoms with Gasteiger partial charge in [-0.05, 0) is 31.5 Å². The Hall–Kier alpha value is -1.00. The van der Waals surface area contributed by atoms with Crippen molar-refractivity contribution >= 4 is 0 Å². The molecule has 0 saturated carbocycles. The Morgan fingerprint density at radius 3 is 1.93 bits per heavy atom. The van der Waals surface area contributed by atoms with Crippen molar-refractivity contribution in [2.75, 3.05) is 0 Å². The van der Waals surface area contributed by atoms with Crippen LogP contribution in [0.15, 0.2) is 18.2 Å². The molecule has 2 N–H and O–H groups in total. The van der Waals surface area contributed by atoms with E-state index in [1.807, 2.05) is 0 Å². The first kappa shape index (κ1) is 11.1. The highest BCUT2D eigenvalue weighted by Gasteiger charge is 2.26. The number of hydrogen-bond donors (Lipinski definition) is 2. The Kier molecular flexibility index (Phi) is 2.87. The summed E-state index contributed by atoms with van der Waals surface area (Å²) >= 11 is 0. The Balaban J connectivity index is 3.07. The summed E-state index contributed by atoms with van der Waals surface area (Å²) in [5, 5.41) is 18.9. The highest BCUT2D eigenvalue weighted by atomic mass is 19.1. The molecule has 4 heteroatoms. The summed E-state index contributed by atoms with van der Waals surface area (Å²) in [7, 11) is 0. The Labute approximate surface area is 80.8 Å². The van der Waals surface area contributed by atoms with Crippen LogP contribution in [-0.2, 0) is 0 Å². The smallest absolute Gasteiger partial charge is 0.126 e. The molecule has 1 aromatic rings. The predicted molar refractivity (Wildman–Crippen MR) is 47.6 cm³/mol. The molecule has 0 bridgehead atoms. The summed E-state index contributed by atoms with van der Waals surface area (Å²) in [6, 6.07) is 2.69. The monoisotopic (exact) mass is 202 g/mol. The van der Waals surface area contributed by atoms with Crippen LogP contribution in [-0.4, -0.2) is 15.8 Å². The lowest BCUT2D eigenvalue weighted by Gasteiger charge is -2.24. The molecule has 0 aliphatic carbocycles. The Morgan fingerprint density at radius 2 is 1.57 bits per heavy atom. The SMILES string of the molecule is CC(C)(O)C(O)c1cc(F)cc(F)c1. The molecule has 1 atom stereocenters. The van der Waals surface area contributed by atoms with Crippen LogP contribution in [0.3, 0.4) is 0 Å². The van der Waals surface area contributed by atoms with Crippen LogP contribution >= 0.6 is 0 Å². The molecule has 2 nitrogen and oxygen atoms in total. The van der Waals surface area contributed by atoms with Crippen molar-refractivity contribution in [1.29, 1.82) is 0 Å². The zero-order valence-corrected chi connectivity index (χ0v) is 7.96. The first-order valence-corrected chi connectivity index (χ1v) is 4.17. The van der Waals surface area contributed by atoms with E-state index < -0.39 is 23.3 Å². The molecule has 14 heavy (non-hydrogen) atoms. The van der Waals surface area contributed by atoms with E-state index in [1.165, 1.54) is 13.8 Å². The quantitative estimate of drug-likeness (QED) is 0.767. The largest absolute Gasteiger partial charge is 0.387 e. The second kappa shape index (κ2) is 3.63. The van der Waals surface area contributed by atoms with Crippen LogP contribution < -0.4 is 0 Å². The maximum Gasteiger partial charge on any atom is 0.126 e. The van der Waals surface area contributed by atoms with Crippen LogP contribution in [0.1, 0.15) is 25.5 Å². The molecule has 0 aliphatic heterocycles. The molecule has 0 aromatic heterocycles. The Bertz CT molecular complexity index is 311. The van der Waals surface area contributed by atoms with Gasteiger partial charge in [-0.25, -0.2) is 8.78 Å². The molecule has 0 saturated heterocycles. The highest BCUT2D eigenvalue weighted by molar-refractivity contribution is 5.22. The van der Waals surface area contributed by atoms with Crippen LogP contribution in [0.2, 0.25) is 0 Å². The average molecular weight is 202 g/mol. The zero-order valence-electron chi connectivity index (χ0n) is 7.96. The fourth-order valence-electron chi connectivity index (χ4n) is 1.14. The fraction of sp³-hybridized carbons (Fsp3) is 0.400. The van der Waals surface area contributed by atoms with Gasteiger partial charge in [0.15, 0.2) is 0 Å². The first-order valence-electron chi connectivity index (χ1n) is 4.17. The van der Waals surface area contributed by atoms with Gasteiger partial charge in [0.1, 0.15) is 17.7 Å². The van der Waals surface area contributed by atoms with Gasteiger partial charge in [0.25, 0.3) is 0 Å². The molecule has 78 valence electrons. The van der Waals surface area contributed by atoms with Crippen molar-refractivity contribution < 1.29 is 19.0 Å². The van der Waals surface area contributed by atoms with E-state index in [1.54, 1.807) is 0 Å². The third-order valence-corrected chi connectivity index (χ3v) is 1.87. The van der Waals surface area contributed by atoms with Crippen molar-refractivity contribution in [3.8, 4) is 0 Å². The topological polar surface area (TPSA) is 40.5 Å². The van der Waals surface area contributed by atoms with Gasteiger partial charge in [0.05, 0.1) is 5.60 Å². The predicted octanol–water partition coefficient (Wildman–Crippen LogP) is 1.77. The minimum Gasteiger partial charge on any atom is -0.387 e. The van der Waals surface area contributed by atoms with Crippen LogP contribution in [0.5, 0.6) is 0 Å². The molecule has 0 spiro atoms. The van der Waals surface area contributed by atoms with Gasteiger partial charge in [0.2, 0.25) is 0 Å². The summed E-state index contributed by atoms with van der Waals surface area (Å²) in [6.45, 7) is 2.72. The second-order valence-corrected chi connectivity index (χ2v) is 3.76. The van der Waals surface area contributed by atoms with Gasteiger partial charge in [-0.15, -0.1) is 0 Å². The highest BCUT2D eigenvalue weighted by Crippen LogP contribution is 2.26. The summed E-state index contributed by atoms with van der Waals surface area (Å²) < 4.78 is 25.5. The third kappa shape index (κ3) is 2.49. The molecule has 0 radical (unpaired) electrons. The number of hydrogen-bond acceptors (Lipinski definition) is 2. The zero-order chi connectivity index (χ0) is 10.9. The normalized spacial score (nSPS) is 14.1. The van der Waals surface area contributed by atoms with Crippen molar-refractivity contribution in [3.05, 3.63) is 35.4 Å². The number of aliphatic hydroxyl groups excluding tert-OH is 1. The van der Waals surface area contributed by atoms with Gasteiger partial charge in [0, 0.05) is 6.07 Å². The molecule has 0 heterocycles. The maximum atomic E-state index is 12.7. The van der Waals surface area contributed by atoms with Gasteiger partial charge in [-0.1, -0.05) is 0 Å².